The summed E-state index contributed by atoms with van der Waals surface area (Å²) in [6.45, 7) is 4.01. The van der Waals surface area contributed by atoms with Gasteiger partial charge in [-0.2, -0.15) is 0 Å². The summed E-state index contributed by atoms with van der Waals surface area (Å²) in [6.07, 6.45) is -0.311. The lowest BCUT2D eigenvalue weighted by Gasteiger charge is -2.22. The van der Waals surface area contributed by atoms with E-state index < -0.39 is 36.0 Å². The monoisotopic (exact) mass is 302 g/mol. The molecule has 1 amide bonds. The van der Waals surface area contributed by atoms with Crippen molar-refractivity contribution in [3.63, 3.8) is 0 Å². The van der Waals surface area contributed by atoms with Crippen LogP contribution in [0.1, 0.15) is 26.7 Å². The fourth-order valence-electron chi connectivity index (χ4n) is 2.02. The van der Waals surface area contributed by atoms with Crippen LogP contribution >= 0.6 is 0 Å². The van der Waals surface area contributed by atoms with Crippen LogP contribution in [0.5, 0.6) is 0 Å². The predicted molar refractivity (Wildman–Crippen MR) is 72.2 cm³/mol. The van der Waals surface area contributed by atoms with Gasteiger partial charge < -0.3 is 25.2 Å². The molecule has 0 saturated carbocycles. The molecule has 120 valence electrons. The Labute approximate surface area is 123 Å². The lowest BCUT2D eigenvalue weighted by atomic mass is 10.1. The van der Waals surface area contributed by atoms with Crippen molar-refractivity contribution in [2.24, 2.45) is 0 Å². The summed E-state index contributed by atoms with van der Waals surface area (Å²) < 4.78 is 9.43. The van der Waals surface area contributed by atoms with Crippen molar-refractivity contribution in [1.82, 2.24) is 10.6 Å². The molecule has 0 aliphatic carbocycles. The van der Waals surface area contributed by atoms with Crippen LogP contribution in [0, 0.1) is 0 Å². The van der Waals surface area contributed by atoms with E-state index in [9.17, 15) is 19.5 Å². The van der Waals surface area contributed by atoms with Gasteiger partial charge in [-0.3, -0.25) is 4.79 Å². The third-order valence-corrected chi connectivity index (χ3v) is 3.06. The van der Waals surface area contributed by atoms with Crippen molar-refractivity contribution < 1.29 is 29.0 Å². The second-order valence-electron chi connectivity index (χ2n) is 4.58. The Morgan fingerprint density at radius 1 is 1.24 bits per heavy atom. The van der Waals surface area contributed by atoms with Gasteiger partial charge >= 0.3 is 11.9 Å². The number of rotatable bonds is 7. The minimum Gasteiger partial charge on any atom is -0.464 e. The average Bonchev–Trinajstić information content (AvgIpc) is 2.98. The molecule has 1 saturated heterocycles. The molecule has 0 aromatic rings. The lowest BCUT2D eigenvalue weighted by Crippen LogP contribution is -2.56. The average molecular weight is 302 g/mol. The summed E-state index contributed by atoms with van der Waals surface area (Å²) >= 11 is 0. The Balaban J connectivity index is 2.73. The molecule has 1 aliphatic rings. The maximum atomic E-state index is 12.0. The summed E-state index contributed by atoms with van der Waals surface area (Å²) in [7, 11) is 0. The third-order valence-electron chi connectivity index (χ3n) is 3.06. The summed E-state index contributed by atoms with van der Waals surface area (Å²) in [5.74, 6) is -2.30. The van der Waals surface area contributed by atoms with Crippen molar-refractivity contribution in [3.8, 4) is 0 Å². The predicted octanol–water partition coefficient (Wildman–Crippen LogP) is -1.29. The van der Waals surface area contributed by atoms with Crippen LogP contribution in [0.25, 0.3) is 0 Å². The number of hydrogen-bond donors (Lipinski definition) is 3. The second-order valence-corrected chi connectivity index (χ2v) is 4.58. The first-order valence-electron chi connectivity index (χ1n) is 7.06. The van der Waals surface area contributed by atoms with Crippen LogP contribution in [0.3, 0.4) is 0 Å². The second kappa shape index (κ2) is 8.58. The Hall–Kier alpha value is -1.67. The number of nitrogens with one attached hydrogen (secondary N) is 2. The molecule has 3 unspecified atom stereocenters. The highest BCUT2D eigenvalue weighted by molar-refractivity contribution is 5.92. The molecule has 1 aliphatic heterocycles. The molecule has 3 N–H and O–H groups in total. The first kappa shape index (κ1) is 17.4. The van der Waals surface area contributed by atoms with E-state index in [1.165, 1.54) is 0 Å². The quantitative estimate of drug-likeness (QED) is 0.501. The Morgan fingerprint density at radius 3 is 2.38 bits per heavy atom. The van der Waals surface area contributed by atoms with Crippen LogP contribution in [-0.2, 0) is 23.9 Å². The molecular formula is C13H22N2O6. The third kappa shape index (κ3) is 4.98. The summed E-state index contributed by atoms with van der Waals surface area (Å²) in [5, 5.41) is 15.2. The van der Waals surface area contributed by atoms with E-state index in [0.717, 1.165) is 6.42 Å². The molecule has 0 radical (unpaired) electrons. The number of esters is 2. The van der Waals surface area contributed by atoms with Gasteiger partial charge in [-0.05, 0) is 33.2 Å². The number of aliphatic hydroxyl groups excluding tert-OH is 1. The number of hydrogen-bond acceptors (Lipinski definition) is 7. The normalized spacial score (nSPS) is 20.4. The zero-order valence-corrected chi connectivity index (χ0v) is 12.3. The molecule has 0 bridgehead atoms. The molecule has 1 fully saturated rings. The van der Waals surface area contributed by atoms with Gasteiger partial charge in [0.05, 0.1) is 19.3 Å². The van der Waals surface area contributed by atoms with Gasteiger partial charge in [0.1, 0.15) is 0 Å². The Kier molecular flexibility index (Phi) is 7.10. The van der Waals surface area contributed by atoms with E-state index in [2.05, 4.69) is 15.4 Å². The van der Waals surface area contributed by atoms with E-state index in [4.69, 9.17) is 4.74 Å². The molecular weight excluding hydrogens is 280 g/mol. The van der Waals surface area contributed by atoms with Crippen molar-refractivity contribution in [1.29, 1.82) is 0 Å². The molecule has 0 aromatic heterocycles. The van der Waals surface area contributed by atoms with E-state index in [1.807, 2.05) is 0 Å². The van der Waals surface area contributed by atoms with Gasteiger partial charge in [-0.25, -0.2) is 9.59 Å². The zero-order chi connectivity index (χ0) is 15.8. The van der Waals surface area contributed by atoms with E-state index >= 15 is 0 Å². The van der Waals surface area contributed by atoms with Crippen molar-refractivity contribution in [2.45, 2.75) is 44.9 Å². The highest BCUT2D eigenvalue weighted by Gasteiger charge is 2.37. The first-order valence-corrected chi connectivity index (χ1v) is 7.06. The molecule has 1 heterocycles. The SMILES string of the molecule is CCOC(=O)C(O)C(NC(=O)C1CCCN1)C(=O)OCC. The van der Waals surface area contributed by atoms with Gasteiger partial charge in [0, 0.05) is 0 Å². The fraction of sp³-hybridized carbons (Fsp3) is 0.769. The zero-order valence-electron chi connectivity index (χ0n) is 12.3. The van der Waals surface area contributed by atoms with E-state index in [-0.39, 0.29) is 13.2 Å². The first-order chi connectivity index (χ1) is 10.0. The molecule has 0 spiro atoms. The fourth-order valence-corrected chi connectivity index (χ4v) is 2.02. The largest absolute Gasteiger partial charge is 0.464 e. The highest BCUT2D eigenvalue weighted by Crippen LogP contribution is 2.07. The number of carbonyl (C=O) groups excluding carboxylic acids is 3. The lowest BCUT2D eigenvalue weighted by molar-refractivity contribution is -0.163. The maximum Gasteiger partial charge on any atom is 0.337 e. The van der Waals surface area contributed by atoms with Crippen molar-refractivity contribution in [2.75, 3.05) is 19.8 Å². The number of amides is 1. The topological polar surface area (TPSA) is 114 Å². The smallest absolute Gasteiger partial charge is 0.337 e. The van der Waals surface area contributed by atoms with E-state index in [0.29, 0.717) is 13.0 Å². The molecule has 1 rings (SSSR count). The van der Waals surface area contributed by atoms with Crippen LogP contribution < -0.4 is 10.6 Å². The van der Waals surface area contributed by atoms with E-state index in [1.54, 1.807) is 13.8 Å². The summed E-state index contributed by atoms with van der Waals surface area (Å²) in [6, 6.07) is -1.91. The molecule has 21 heavy (non-hydrogen) atoms. The number of carbonyl (C=O) groups is 3. The van der Waals surface area contributed by atoms with Gasteiger partial charge in [0.15, 0.2) is 12.1 Å². The van der Waals surface area contributed by atoms with Crippen LogP contribution in [0.4, 0.5) is 0 Å². The standard InChI is InChI=1S/C13H22N2O6/c1-3-20-12(18)9(10(16)13(19)21-4-2)15-11(17)8-6-5-7-14-8/h8-10,14,16H,3-7H2,1-2H3,(H,15,17). The van der Waals surface area contributed by atoms with Gasteiger partial charge in [-0.1, -0.05) is 0 Å². The highest BCUT2D eigenvalue weighted by atomic mass is 16.6. The minimum absolute atomic E-state index is 0.0591. The van der Waals surface area contributed by atoms with Crippen LogP contribution in [0.15, 0.2) is 0 Å². The Morgan fingerprint density at radius 2 is 1.86 bits per heavy atom. The number of aliphatic hydroxyl groups is 1. The number of ether oxygens (including phenoxy) is 2. The molecule has 8 nitrogen and oxygen atoms in total. The van der Waals surface area contributed by atoms with Gasteiger partial charge in [0.2, 0.25) is 5.91 Å². The molecule has 0 aromatic carbocycles. The molecule has 3 atom stereocenters. The van der Waals surface area contributed by atoms with Crippen molar-refractivity contribution >= 4 is 17.8 Å². The van der Waals surface area contributed by atoms with Crippen LogP contribution in [0.2, 0.25) is 0 Å². The summed E-state index contributed by atoms with van der Waals surface area (Å²) in [4.78, 5) is 35.4. The maximum absolute atomic E-state index is 12.0. The minimum atomic E-state index is -1.80. The summed E-state index contributed by atoms with van der Waals surface area (Å²) in [5.41, 5.74) is 0. The van der Waals surface area contributed by atoms with Gasteiger partial charge in [-0.15, -0.1) is 0 Å². The molecule has 8 heteroatoms. The van der Waals surface area contributed by atoms with Gasteiger partial charge in [0.25, 0.3) is 0 Å². The van der Waals surface area contributed by atoms with Crippen molar-refractivity contribution in [3.05, 3.63) is 0 Å². The Bertz CT molecular complexity index is 381. The van der Waals surface area contributed by atoms with Crippen LogP contribution in [-0.4, -0.2) is 60.9 Å².